The van der Waals surface area contributed by atoms with E-state index in [1.54, 1.807) is 0 Å². The van der Waals surface area contributed by atoms with E-state index < -0.39 is 17.9 Å². The molecule has 0 aliphatic heterocycles. The number of primary amides is 1. The Morgan fingerprint density at radius 2 is 2.38 bits per heavy atom. The molecular formula is C7H9N3O3. The molecule has 0 spiro atoms. The van der Waals surface area contributed by atoms with E-state index in [0.717, 1.165) is 0 Å². The Morgan fingerprint density at radius 3 is 2.85 bits per heavy atom. The predicted molar refractivity (Wildman–Crippen MR) is 42.6 cm³/mol. The number of aromatic nitrogens is 1. The Balaban J connectivity index is 2.56. The van der Waals surface area contributed by atoms with Gasteiger partial charge in [-0.1, -0.05) is 5.16 Å². The molecule has 1 aromatic heterocycles. The summed E-state index contributed by atoms with van der Waals surface area (Å²) < 4.78 is 4.45. The van der Waals surface area contributed by atoms with Gasteiger partial charge in [-0.15, -0.1) is 0 Å². The lowest BCUT2D eigenvalue weighted by Gasteiger charge is -2.07. The number of nitrogens with two attached hydrogens (primary N) is 1. The van der Waals surface area contributed by atoms with Crippen molar-refractivity contribution in [3.05, 3.63) is 18.0 Å². The van der Waals surface area contributed by atoms with E-state index in [-0.39, 0.29) is 5.56 Å². The normalized spacial score (nSPS) is 12.1. The molecule has 2 amide bonds. The average molecular weight is 183 g/mol. The first-order valence-electron chi connectivity index (χ1n) is 3.61. The van der Waals surface area contributed by atoms with Crippen molar-refractivity contribution in [2.75, 3.05) is 0 Å². The van der Waals surface area contributed by atoms with Crippen LogP contribution in [-0.2, 0) is 4.79 Å². The quantitative estimate of drug-likeness (QED) is 0.645. The molecule has 1 atom stereocenters. The zero-order chi connectivity index (χ0) is 9.84. The molecule has 0 radical (unpaired) electrons. The lowest BCUT2D eigenvalue weighted by Crippen LogP contribution is -2.42. The van der Waals surface area contributed by atoms with E-state index in [2.05, 4.69) is 15.0 Å². The molecule has 70 valence electrons. The summed E-state index contributed by atoms with van der Waals surface area (Å²) in [6, 6.07) is -0.706. The third kappa shape index (κ3) is 2.29. The third-order valence-electron chi connectivity index (χ3n) is 1.47. The first-order chi connectivity index (χ1) is 6.11. The van der Waals surface area contributed by atoms with E-state index in [9.17, 15) is 9.59 Å². The molecule has 0 unspecified atom stereocenters. The van der Waals surface area contributed by atoms with Gasteiger partial charge in [0.2, 0.25) is 5.91 Å². The van der Waals surface area contributed by atoms with Crippen LogP contribution in [0.15, 0.2) is 17.0 Å². The largest absolute Gasteiger partial charge is 0.368 e. The van der Waals surface area contributed by atoms with Crippen LogP contribution in [0.25, 0.3) is 0 Å². The second kappa shape index (κ2) is 3.70. The topological polar surface area (TPSA) is 98.2 Å². The second-order valence-electron chi connectivity index (χ2n) is 2.51. The van der Waals surface area contributed by atoms with E-state index in [1.807, 2.05) is 0 Å². The van der Waals surface area contributed by atoms with Crippen molar-refractivity contribution in [3.63, 3.8) is 0 Å². The van der Waals surface area contributed by atoms with Crippen LogP contribution in [0.4, 0.5) is 0 Å². The van der Waals surface area contributed by atoms with Gasteiger partial charge in [-0.2, -0.15) is 0 Å². The Bertz CT molecular complexity index is 307. The molecule has 3 N–H and O–H groups in total. The summed E-state index contributed by atoms with van der Waals surface area (Å²) in [5.41, 5.74) is 5.20. The lowest BCUT2D eigenvalue weighted by atomic mass is 10.3. The molecule has 0 fully saturated rings. The molecule has 0 aliphatic rings. The van der Waals surface area contributed by atoms with Crippen LogP contribution in [0, 0.1) is 0 Å². The first kappa shape index (κ1) is 9.24. The number of rotatable bonds is 3. The molecule has 0 saturated heterocycles. The van der Waals surface area contributed by atoms with Crippen LogP contribution in [0.5, 0.6) is 0 Å². The standard InChI is InChI=1S/C7H9N3O3/c1-4(6(8)11)10-7(12)5-2-9-13-3-5/h2-4H,1H3,(H2,8,11)(H,10,12)/t4-/m0/s1. The lowest BCUT2D eigenvalue weighted by molar-refractivity contribution is -0.119. The zero-order valence-electron chi connectivity index (χ0n) is 6.98. The number of nitrogens with zero attached hydrogens (tertiary/aromatic N) is 1. The Kier molecular flexibility index (Phi) is 2.63. The minimum atomic E-state index is -0.706. The maximum atomic E-state index is 11.2. The van der Waals surface area contributed by atoms with Crippen LogP contribution >= 0.6 is 0 Å². The predicted octanol–water partition coefficient (Wildman–Crippen LogP) is -0.722. The zero-order valence-corrected chi connectivity index (χ0v) is 6.98. The molecule has 1 heterocycles. The highest BCUT2D eigenvalue weighted by Gasteiger charge is 2.14. The van der Waals surface area contributed by atoms with Gasteiger partial charge in [0.1, 0.15) is 12.3 Å². The van der Waals surface area contributed by atoms with Crippen molar-refractivity contribution >= 4 is 11.8 Å². The molecular weight excluding hydrogens is 174 g/mol. The molecule has 0 saturated carbocycles. The first-order valence-corrected chi connectivity index (χ1v) is 3.61. The van der Waals surface area contributed by atoms with Gasteiger partial charge in [0.25, 0.3) is 5.91 Å². The SMILES string of the molecule is C[C@H](NC(=O)c1cnoc1)C(N)=O. The van der Waals surface area contributed by atoms with Gasteiger partial charge in [0.15, 0.2) is 0 Å². The molecule has 0 aliphatic carbocycles. The van der Waals surface area contributed by atoms with Crippen molar-refractivity contribution in [1.29, 1.82) is 0 Å². The Labute approximate surface area is 74.1 Å². The molecule has 0 aromatic carbocycles. The van der Waals surface area contributed by atoms with Crippen molar-refractivity contribution in [2.45, 2.75) is 13.0 Å². The summed E-state index contributed by atoms with van der Waals surface area (Å²) >= 11 is 0. The van der Waals surface area contributed by atoms with E-state index >= 15 is 0 Å². The van der Waals surface area contributed by atoms with Gasteiger partial charge >= 0.3 is 0 Å². The summed E-state index contributed by atoms with van der Waals surface area (Å²) in [6.07, 6.45) is 2.44. The van der Waals surface area contributed by atoms with Gasteiger partial charge < -0.3 is 15.6 Å². The number of hydrogen-bond acceptors (Lipinski definition) is 4. The summed E-state index contributed by atoms with van der Waals surface area (Å²) in [5, 5.41) is 5.71. The fraction of sp³-hybridized carbons (Fsp3) is 0.286. The van der Waals surface area contributed by atoms with E-state index in [4.69, 9.17) is 5.73 Å². The molecule has 0 bridgehead atoms. The number of carbonyl (C=O) groups excluding carboxylic acids is 2. The minimum absolute atomic E-state index is 0.258. The molecule has 1 rings (SSSR count). The van der Waals surface area contributed by atoms with Gasteiger partial charge in [-0.3, -0.25) is 9.59 Å². The molecule has 1 aromatic rings. The van der Waals surface area contributed by atoms with E-state index in [0.29, 0.717) is 0 Å². The van der Waals surface area contributed by atoms with Gasteiger partial charge in [0.05, 0.1) is 11.8 Å². The average Bonchev–Trinajstić information content (AvgIpc) is 2.55. The second-order valence-corrected chi connectivity index (χ2v) is 2.51. The molecule has 6 heteroatoms. The summed E-state index contributed by atoms with van der Waals surface area (Å²) in [7, 11) is 0. The highest BCUT2D eigenvalue weighted by atomic mass is 16.5. The summed E-state index contributed by atoms with van der Waals surface area (Å²) in [5.74, 6) is -1.03. The van der Waals surface area contributed by atoms with Crippen LogP contribution in [0.2, 0.25) is 0 Å². The van der Waals surface area contributed by atoms with Crippen LogP contribution < -0.4 is 11.1 Å². The monoisotopic (exact) mass is 183 g/mol. The van der Waals surface area contributed by atoms with Gasteiger partial charge in [-0.25, -0.2) is 0 Å². The van der Waals surface area contributed by atoms with Crippen LogP contribution in [0.1, 0.15) is 17.3 Å². The highest BCUT2D eigenvalue weighted by molar-refractivity contribution is 5.96. The number of nitrogens with one attached hydrogen (secondary N) is 1. The third-order valence-corrected chi connectivity index (χ3v) is 1.47. The number of amides is 2. The van der Waals surface area contributed by atoms with E-state index in [1.165, 1.54) is 19.4 Å². The molecule has 6 nitrogen and oxygen atoms in total. The Morgan fingerprint density at radius 1 is 1.69 bits per heavy atom. The van der Waals surface area contributed by atoms with Crippen molar-refractivity contribution in [2.24, 2.45) is 5.73 Å². The van der Waals surface area contributed by atoms with Gasteiger partial charge in [-0.05, 0) is 6.92 Å². The van der Waals surface area contributed by atoms with Gasteiger partial charge in [0, 0.05) is 0 Å². The molecule has 13 heavy (non-hydrogen) atoms. The maximum Gasteiger partial charge on any atom is 0.256 e. The highest BCUT2D eigenvalue weighted by Crippen LogP contribution is 1.96. The van der Waals surface area contributed by atoms with Crippen molar-refractivity contribution in [1.82, 2.24) is 10.5 Å². The summed E-state index contributed by atoms with van der Waals surface area (Å²) in [6.45, 7) is 1.49. The van der Waals surface area contributed by atoms with Crippen LogP contribution in [0.3, 0.4) is 0 Å². The van der Waals surface area contributed by atoms with Crippen LogP contribution in [-0.4, -0.2) is 23.0 Å². The number of carbonyl (C=O) groups is 2. The smallest absolute Gasteiger partial charge is 0.256 e. The Hall–Kier alpha value is -1.85. The fourth-order valence-corrected chi connectivity index (χ4v) is 0.668. The fourth-order valence-electron chi connectivity index (χ4n) is 0.668. The number of hydrogen-bond donors (Lipinski definition) is 2. The minimum Gasteiger partial charge on any atom is -0.368 e. The van der Waals surface area contributed by atoms with Crippen molar-refractivity contribution < 1.29 is 14.1 Å². The maximum absolute atomic E-state index is 11.2. The van der Waals surface area contributed by atoms with Crippen molar-refractivity contribution in [3.8, 4) is 0 Å². The summed E-state index contributed by atoms with van der Waals surface area (Å²) in [4.78, 5) is 21.8.